The van der Waals surface area contributed by atoms with E-state index in [9.17, 15) is 0 Å². The molecule has 0 saturated heterocycles. The fraction of sp³-hybridized carbons (Fsp3) is 1.00. The molecule has 8 heteroatoms. The van der Waals surface area contributed by atoms with E-state index in [0.29, 0.717) is 0 Å². The number of hydrogen-bond acceptors (Lipinski definition) is 3. The van der Waals surface area contributed by atoms with Gasteiger partial charge in [0, 0.05) is 17.1 Å². The topological polar surface area (TPSA) is 66.2 Å². The molecule has 0 aromatic heterocycles. The van der Waals surface area contributed by atoms with Crippen LogP contribution in [-0.4, -0.2) is 42.1 Å². The Hall–Kier alpha value is 1.01. The third kappa shape index (κ3) is 53.0. The van der Waals surface area contributed by atoms with Gasteiger partial charge in [-0.05, 0) is 72.5 Å². The summed E-state index contributed by atoms with van der Waals surface area (Å²) in [5.74, 6) is 6.15. The van der Waals surface area contributed by atoms with Gasteiger partial charge in [0.1, 0.15) is 0 Å². The fourth-order valence-electron chi connectivity index (χ4n) is 7.13. The maximum absolute atomic E-state index is 8.25. The molecule has 0 saturated carbocycles. The Morgan fingerprint density at radius 3 is 0.554 bits per heavy atom. The van der Waals surface area contributed by atoms with E-state index in [0.717, 1.165) is 35.5 Å². The number of unbranched alkanes of at least 4 members (excludes halogenated alkanes) is 6. The SMILES string of the molecule is CCCCC(CC)CPCC(CC)CCCC.CCCCC(CC)CPCC(CC)CCCC.CCCCC(CC)CPCC(CC)CCCC.O=[N+]([O-])[O-].[Fe]. The van der Waals surface area contributed by atoms with Crippen molar-refractivity contribution in [3.05, 3.63) is 15.3 Å². The number of rotatable bonds is 36. The van der Waals surface area contributed by atoms with E-state index in [1.165, 1.54) is 217 Å². The summed E-state index contributed by atoms with van der Waals surface area (Å²) in [6.45, 7) is 28.1. The first-order valence-corrected chi connectivity index (χ1v) is 28.7. The minimum absolute atomic E-state index is 0. The molecule has 0 heterocycles. The van der Waals surface area contributed by atoms with Crippen LogP contribution in [0.3, 0.4) is 0 Å². The van der Waals surface area contributed by atoms with Crippen molar-refractivity contribution in [2.75, 3.05) is 37.0 Å². The van der Waals surface area contributed by atoms with Gasteiger partial charge in [0.05, 0.1) is 5.09 Å². The van der Waals surface area contributed by atoms with E-state index in [-0.39, 0.29) is 17.1 Å². The van der Waals surface area contributed by atoms with Gasteiger partial charge in [0.15, 0.2) is 0 Å². The second-order valence-electron chi connectivity index (χ2n) is 16.7. The molecular weight excluding hydrogens is 787 g/mol. The molecule has 0 N–H and O–H groups in total. The molecule has 6 unspecified atom stereocenters. The van der Waals surface area contributed by atoms with E-state index in [4.69, 9.17) is 15.3 Å². The first-order valence-electron chi connectivity index (χ1n) is 24.5. The van der Waals surface area contributed by atoms with Crippen molar-refractivity contribution >= 4 is 25.7 Å². The Labute approximate surface area is 371 Å². The number of nitrogens with zero attached hydrogens (tertiary/aromatic N) is 1. The van der Waals surface area contributed by atoms with E-state index in [1.807, 2.05) is 0 Å². The Bertz CT molecular complexity index is 576. The van der Waals surface area contributed by atoms with Crippen LogP contribution in [0.1, 0.15) is 237 Å². The molecule has 56 heavy (non-hydrogen) atoms. The van der Waals surface area contributed by atoms with Crippen LogP contribution in [0.4, 0.5) is 0 Å². The summed E-state index contributed by atoms with van der Waals surface area (Å²) in [5.41, 5.74) is 0. The molecule has 0 fully saturated rings. The third-order valence-electron chi connectivity index (χ3n) is 11.9. The standard InChI is InChI=1S/3C16H35P.Fe.NO3/c3*1-5-9-11-15(7-3)13-17-14-16(8-4)12-10-6-2;;2-1(3)4/h3*15-17H,5-14H2,1-4H3;;/q;;;;-1. The van der Waals surface area contributed by atoms with Crippen molar-refractivity contribution in [3.63, 3.8) is 0 Å². The molecule has 0 aromatic rings. The van der Waals surface area contributed by atoms with Gasteiger partial charge in [-0.2, -0.15) is 0 Å². The largest absolute Gasteiger partial charge is 0.356 e. The van der Waals surface area contributed by atoms with Crippen LogP contribution in [0, 0.1) is 50.8 Å². The summed E-state index contributed by atoms with van der Waals surface area (Å²) in [6, 6.07) is 0. The minimum atomic E-state index is -1.75. The summed E-state index contributed by atoms with van der Waals surface area (Å²) < 4.78 is 0. The van der Waals surface area contributed by atoms with Gasteiger partial charge < -0.3 is 15.3 Å². The van der Waals surface area contributed by atoms with Crippen LogP contribution in [0.15, 0.2) is 0 Å². The predicted molar refractivity (Wildman–Crippen MR) is 264 cm³/mol. The average Bonchev–Trinajstić information content (AvgIpc) is 3.19. The van der Waals surface area contributed by atoms with E-state index in [2.05, 4.69) is 83.1 Å². The van der Waals surface area contributed by atoms with Crippen LogP contribution < -0.4 is 0 Å². The molecule has 0 rings (SSSR count). The monoisotopic (exact) mass is 893 g/mol. The van der Waals surface area contributed by atoms with Crippen molar-refractivity contribution in [3.8, 4) is 0 Å². The first kappa shape index (κ1) is 66.1. The molecule has 0 amide bonds. The Balaban J connectivity index is -0.000000219. The van der Waals surface area contributed by atoms with E-state index < -0.39 is 5.09 Å². The van der Waals surface area contributed by atoms with E-state index in [1.54, 1.807) is 0 Å². The van der Waals surface area contributed by atoms with Gasteiger partial charge >= 0.3 is 0 Å². The second kappa shape index (κ2) is 56.0. The molecule has 0 aliphatic heterocycles. The Morgan fingerprint density at radius 1 is 0.339 bits per heavy atom. The van der Waals surface area contributed by atoms with Crippen molar-refractivity contribution in [1.82, 2.24) is 0 Å². The van der Waals surface area contributed by atoms with Crippen LogP contribution in [-0.2, 0) is 17.1 Å². The quantitative estimate of drug-likeness (QED) is 0.0272. The maximum Gasteiger partial charge on any atom is 0.0689 e. The van der Waals surface area contributed by atoms with Crippen molar-refractivity contribution in [2.24, 2.45) is 35.5 Å². The molecule has 0 aromatic carbocycles. The average molecular weight is 893 g/mol. The molecule has 0 aliphatic rings. The van der Waals surface area contributed by atoms with Gasteiger partial charge in [-0.3, -0.25) is 0 Å². The Kier molecular flexibility index (Phi) is 66.1. The predicted octanol–water partition coefficient (Wildman–Crippen LogP) is 18.1. The zero-order valence-electron chi connectivity index (χ0n) is 40.2. The first-order chi connectivity index (χ1) is 26.6. The molecule has 0 radical (unpaired) electrons. The van der Waals surface area contributed by atoms with Gasteiger partial charge in [-0.25, -0.2) is 0 Å². The molecule has 0 bridgehead atoms. The zero-order valence-corrected chi connectivity index (χ0v) is 44.3. The Morgan fingerprint density at radius 2 is 0.464 bits per heavy atom. The second-order valence-corrected chi connectivity index (χ2v) is 20.6. The smallest absolute Gasteiger partial charge is 0.0689 e. The summed E-state index contributed by atoms with van der Waals surface area (Å²) in [6.07, 6.45) is 43.2. The van der Waals surface area contributed by atoms with Crippen LogP contribution in [0.5, 0.6) is 0 Å². The normalized spacial score (nSPS) is 14.6. The van der Waals surface area contributed by atoms with Crippen LogP contribution in [0.25, 0.3) is 0 Å². The van der Waals surface area contributed by atoms with Gasteiger partial charge in [-0.1, -0.05) is 237 Å². The molecule has 344 valence electrons. The summed E-state index contributed by atoms with van der Waals surface area (Å²) in [4.78, 5) is 8.25. The van der Waals surface area contributed by atoms with Crippen LogP contribution in [0.2, 0.25) is 0 Å². The molecule has 6 atom stereocenters. The molecule has 4 nitrogen and oxygen atoms in total. The van der Waals surface area contributed by atoms with Gasteiger partial charge in [0.2, 0.25) is 0 Å². The zero-order chi connectivity index (χ0) is 42.4. The summed E-state index contributed by atoms with van der Waals surface area (Å²) in [5, 5.41) is 14.8. The summed E-state index contributed by atoms with van der Waals surface area (Å²) >= 11 is 0. The maximum atomic E-state index is 8.25. The van der Waals surface area contributed by atoms with Crippen molar-refractivity contribution in [2.45, 2.75) is 237 Å². The fourth-order valence-corrected chi connectivity index (χ4v) is 13.0. The molecule has 0 aliphatic carbocycles. The van der Waals surface area contributed by atoms with Crippen molar-refractivity contribution in [1.29, 1.82) is 0 Å². The minimum Gasteiger partial charge on any atom is -0.356 e. The van der Waals surface area contributed by atoms with Crippen molar-refractivity contribution < 1.29 is 22.2 Å². The number of hydrogen-bond donors (Lipinski definition) is 0. The van der Waals surface area contributed by atoms with Gasteiger partial charge in [-0.15, -0.1) is 25.7 Å². The molecule has 0 spiro atoms. The van der Waals surface area contributed by atoms with Gasteiger partial charge in [0.25, 0.3) is 0 Å². The molecular formula is C48H105FeNO3P3-. The van der Waals surface area contributed by atoms with E-state index >= 15 is 0 Å². The third-order valence-corrected chi connectivity index (χ3v) is 17.1. The van der Waals surface area contributed by atoms with Crippen LogP contribution >= 0.6 is 25.7 Å². The summed E-state index contributed by atoms with van der Waals surface area (Å²) in [7, 11) is 3.69.